The zero-order valence-corrected chi connectivity index (χ0v) is 63.5. The van der Waals surface area contributed by atoms with Gasteiger partial charge in [0.05, 0.1) is 58.5 Å². The molecule has 5 rings (SSSR count). The molecule has 14 nitrogen and oxygen atoms in total. The monoisotopic (exact) mass is 1350 g/mol. The number of nitrogens with one attached hydrogen (secondary N) is 2. The van der Waals surface area contributed by atoms with Crippen molar-refractivity contribution in [3.05, 3.63) is 108 Å². The highest BCUT2D eigenvalue weighted by atomic mass is 16.5. The molecule has 0 saturated carbocycles. The van der Waals surface area contributed by atoms with E-state index in [1.807, 2.05) is 13.8 Å². The average Bonchev–Trinajstić information content (AvgIpc) is 2.11. The van der Waals surface area contributed by atoms with E-state index in [2.05, 4.69) is 128 Å². The van der Waals surface area contributed by atoms with Gasteiger partial charge in [-0.2, -0.15) is 10.2 Å². The molecule has 0 aliphatic heterocycles. The van der Waals surface area contributed by atoms with Gasteiger partial charge in [0, 0.05) is 51.4 Å². The highest BCUT2D eigenvalue weighted by Gasteiger charge is 2.26. The summed E-state index contributed by atoms with van der Waals surface area (Å²) in [4.78, 5) is 32.3. The lowest BCUT2D eigenvalue weighted by Crippen LogP contribution is -2.34. The molecule has 6 atom stereocenters. The van der Waals surface area contributed by atoms with Crippen LogP contribution in [-0.4, -0.2) is 64.4 Å². The van der Waals surface area contributed by atoms with Crippen molar-refractivity contribution >= 4 is 57.4 Å². The van der Waals surface area contributed by atoms with Gasteiger partial charge in [-0.3, -0.25) is 0 Å². The minimum absolute atomic E-state index is 0.304. The van der Waals surface area contributed by atoms with Gasteiger partial charge < -0.3 is 39.4 Å². The Kier molecular flexibility index (Phi) is 39.3. The smallest absolute Gasteiger partial charge is 0.343 e. The summed E-state index contributed by atoms with van der Waals surface area (Å²) in [5, 5.41) is 26.9. The molecule has 0 aliphatic rings. The first kappa shape index (κ1) is 81.7. The fourth-order valence-corrected chi connectivity index (χ4v) is 12.9. The number of carbonyl (C=O) groups excluding carboxylic acids is 2. The molecule has 0 aromatic heterocycles. The van der Waals surface area contributed by atoms with Crippen LogP contribution < -0.4 is 39.4 Å². The summed E-state index contributed by atoms with van der Waals surface area (Å²) < 4.78 is 24.6. The standard InChI is InChI=1S/C84H130N8O6/c1-15-29-35-63(21-7)57-85-75-53-79(91(59-65(23-9)37-31-17-3)60-66(24-10)38-32-18-4)81(95-27-13)55-77(75)89-87-71-45-41-69(42-46-71)83(93)97-73-49-51-74(52-50-73)98-84(94)70-43-47-72(48-44-70)88-90-78-56-82(96-28-14)80(54-76(78)86-58-64(22-8)36-30-16-2)92(61-67(25-11)39-33-19-5)62-68(26-12)40-34-20-6/h41-56,63-68,85-86H,15-40,57-62H2,1-14H3. The zero-order chi connectivity index (χ0) is 70.9. The van der Waals surface area contributed by atoms with Crippen LogP contribution in [0.1, 0.15) is 272 Å². The van der Waals surface area contributed by atoms with E-state index in [0.717, 1.165) is 112 Å². The quantitative estimate of drug-likeness (QED) is 0.0219. The van der Waals surface area contributed by atoms with E-state index in [1.165, 1.54) is 116 Å². The number of benzene rings is 5. The van der Waals surface area contributed by atoms with Crippen molar-refractivity contribution in [3.8, 4) is 23.0 Å². The highest BCUT2D eigenvalue weighted by Crippen LogP contribution is 2.44. The van der Waals surface area contributed by atoms with Gasteiger partial charge >= 0.3 is 11.9 Å². The van der Waals surface area contributed by atoms with E-state index in [4.69, 9.17) is 39.4 Å². The van der Waals surface area contributed by atoms with Crippen molar-refractivity contribution in [2.75, 3.05) is 72.9 Å². The van der Waals surface area contributed by atoms with Crippen molar-refractivity contribution in [1.29, 1.82) is 0 Å². The number of unbranched alkanes of at least 4 members (excludes halogenated alkanes) is 6. The van der Waals surface area contributed by atoms with Crippen molar-refractivity contribution in [3.63, 3.8) is 0 Å². The van der Waals surface area contributed by atoms with Crippen molar-refractivity contribution in [2.24, 2.45) is 56.0 Å². The number of rotatable bonds is 52. The van der Waals surface area contributed by atoms with E-state index < -0.39 is 11.9 Å². The summed E-state index contributed by atoms with van der Waals surface area (Å²) >= 11 is 0. The van der Waals surface area contributed by atoms with Crippen LogP contribution in [0.15, 0.2) is 118 Å². The second-order valence-electron chi connectivity index (χ2n) is 27.4. The van der Waals surface area contributed by atoms with Crippen LogP contribution in [-0.2, 0) is 0 Å². The van der Waals surface area contributed by atoms with Gasteiger partial charge in [-0.05, 0) is 173 Å². The molecule has 0 amide bonds. The minimum atomic E-state index is -0.535. The largest absolute Gasteiger partial charge is 0.492 e. The maximum Gasteiger partial charge on any atom is 0.343 e. The van der Waals surface area contributed by atoms with E-state index in [1.54, 1.807) is 72.8 Å². The normalized spacial score (nSPS) is 13.4. The molecule has 0 saturated heterocycles. The number of azo groups is 2. The highest BCUT2D eigenvalue weighted by molar-refractivity contribution is 5.92. The first-order valence-corrected chi connectivity index (χ1v) is 38.9. The predicted molar refractivity (Wildman–Crippen MR) is 414 cm³/mol. The molecule has 0 fully saturated rings. The van der Waals surface area contributed by atoms with Crippen LogP contribution in [0.5, 0.6) is 23.0 Å². The molecule has 0 aliphatic carbocycles. The van der Waals surface area contributed by atoms with E-state index >= 15 is 0 Å². The number of esters is 2. The lowest BCUT2D eigenvalue weighted by atomic mass is 9.95. The topological polar surface area (TPSA) is 151 Å². The molecule has 2 N–H and O–H groups in total. The fraction of sp³-hybridized carbons (Fsp3) is 0.619. The van der Waals surface area contributed by atoms with Gasteiger partial charge in [-0.1, -0.05) is 199 Å². The average molecular weight is 1350 g/mol. The molecular weight excluding hydrogens is 1220 g/mol. The number of hydrogen-bond acceptors (Lipinski definition) is 14. The van der Waals surface area contributed by atoms with Crippen molar-refractivity contribution < 1.29 is 28.5 Å². The molecule has 98 heavy (non-hydrogen) atoms. The van der Waals surface area contributed by atoms with Crippen LogP contribution in [0.2, 0.25) is 0 Å². The molecule has 0 radical (unpaired) electrons. The molecular formula is C84H130N8O6. The van der Waals surface area contributed by atoms with Gasteiger partial charge in [0.2, 0.25) is 0 Å². The number of nitrogens with zero attached hydrogens (tertiary/aromatic N) is 6. The summed E-state index contributed by atoms with van der Waals surface area (Å²) in [6.45, 7) is 38.3. The Labute approximate surface area is 594 Å². The van der Waals surface area contributed by atoms with E-state index in [9.17, 15) is 9.59 Å². The Morgan fingerprint density at radius 3 is 0.918 bits per heavy atom. The third kappa shape index (κ3) is 28.0. The molecule has 5 aromatic rings. The van der Waals surface area contributed by atoms with Gasteiger partial charge in [0.1, 0.15) is 34.4 Å². The van der Waals surface area contributed by atoms with Crippen molar-refractivity contribution in [1.82, 2.24) is 0 Å². The molecule has 0 heterocycles. The summed E-state index contributed by atoms with van der Waals surface area (Å²) in [5.41, 5.74) is 7.43. The molecule has 5 aromatic carbocycles. The Bertz CT molecular complexity index is 2820. The Morgan fingerprint density at radius 2 is 0.653 bits per heavy atom. The second kappa shape index (κ2) is 47.2. The number of carbonyl (C=O) groups is 2. The van der Waals surface area contributed by atoms with Gasteiger partial charge in [-0.25, -0.2) is 9.59 Å². The zero-order valence-electron chi connectivity index (χ0n) is 63.5. The lowest BCUT2D eigenvalue weighted by Gasteiger charge is -2.34. The maximum absolute atomic E-state index is 13.5. The molecule has 542 valence electrons. The second-order valence-corrected chi connectivity index (χ2v) is 27.4. The predicted octanol–water partition coefficient (Wildman–Crippen LogP) is 25.5. The Hall–Kier alpha value is -6.96. The fourth-order valence-electron chi connectivity index (χ4n) is 12.9. The Morgan fingerprint density at radius 1 is 0.367 bits per heavy atom. The number of hydrogen-bond donors (Lipinski definition) is 2. The van der Waals surface area contributed by atoms with Gasteiger partial charge in [0.25, 0.3) is 0 Å². The van der Waals surface area contributed by atoms with Crippen molar-refractivity contribution in [2.45, 2.75) is 251 Å². The Balaban J connectivity index is 1.33. The number of anilines is 4. The first-order chi connectivity index (χ1) is 47.8. The SMILES string of the molecule is CCCCC(CC)CNc1cc(N(CC(CC)CCCC)CC(CC)CCCC)c(OCC)cc1N=Nc1ccc(C(=O)Oc2ccc(OC(=O)c3ccc(N=Nc4cc(OCC)c(N(CC(CC)CCCC)CC(CC)CCCC)cc4NCC(CC)CCCC)cc3)cc2)cc1. The molecule has 14 heteroatoms. The summed E-state index contributed by atoms with van der Waals surface area (Å²) in [5.74, 6) is 4.58. The molecule has 0 bridgehead atoms. The third-order valence-corrected chi connectivity index (χ3v) is 19.8. The maximum atomic E-state index is 13.5. The van der Waals surface area contributed by atoms with Gasteiger partial charge in [-0.15, -0.1) is 10.2 Å². The van der Waals surface area contributed by atoms with Crippen LogP contribution in [0.3, 0.4) is 0 Å². The first-order valence-electron chi connectivity index (χ1n) is 38.9. The van der Waals surface area contributed by atoms with Crippen LogP contribution in [0.4, 0.5) is 45.5 Å². The molecule has 0 spiro atoms. The third-order valence-electron chi connectivity index (χ3n) is 19.8. The number of ether oxygens (including phenoxy) is 4. The molecule has 6 unspecified atom stereocenters. The van der Waals surface area contributed by atoms with Crippen LogP contribution in [0, 0.1) is 35.5 Å². The van der Waals surface area contributed by atoms with E-state index in [0.29, 0.717) is 94.1 Å². The summed E-state index contributed by atoms with van der Waals surface area (Å²) in [6.07, 6.45) is 28.4. The van der Waals surface area contributed by atoms with E-state index in [-0.39, 0.29) is 0 Å². The summed E-state index contributed by atoms with van der Waals surface area (Å²) in [7, 11) is 0. The summed E-state index contributed by atoms with van der Waals surface area (Å²) in [6, 6.07) is 29.0. The van der Waals surface area contributed by atoms with Gasteiger partial charge in [0.15, 0.2) is 0 Å². The van der Waals surface area contributed by atoms with Crippen LogP contribution >= 0.6 is 0 Å². The van der Waals surface area contributed by atoms with Crippen LogP contribution in [0.25, 0.3) is 0 Å². The minimum Gasteiger partial charge on any atom is -0.492 e. The lowest BCUT2D eigenvalue weighted by molar-refractivity contribution is 0.0719.